The topological polar surface area (TPSA) is 109 Å². The van der Waals surface area contributed by atoms with Crippen molar-refractivity contribution in [3.63, 3.8) is 0 Å². The molecule has 0 aliphatic heterocycles. The van der Waals surface area contributed by atoms with Gasteiger partial charge in [-0.1, -0.05) is 0 Å². The van der Waals surface area contributed by atoms with Crippen molar-refractivity contribution in [3.05, 3.63) is 72.4 Å². The van der Waals surface area contributed by atoms with Crippen LogP contribution in [0.4, 0.5) is 20.3 Å². The van der Waals surface area contributed by atoms with E-state index in [2.05, 4.69) is 30.4 Å². The highest BCUT2D eigenvalue weighted by molar-refractivity contribution is 5.91. The van der Waals surface area contributed by atoms with Crippen molar-refractivity contribution in [2.24, 2.45) is 0 Å². The maximum atomic E-state index is 14.8. The second kappa shape index (κ2) is 10.6. The number of benzene rings is 1. The number of nitrogens with zero attached hydrogens (tertiary/aromatic N) is 6. The van der Waals surface area contributed by atoms with E-state index in [1.165, 1.54) is 25.1 Å². The lowest BCUT2D eigenvalue weighted by Gasteiger charge is -2.13. The van der Waals surface area contributed by atoms with E-state index >= 15 is 0 Å². The Labute approximate surface area is 216 Å². The molecule has 1 N–H and O–H groups in total. The van der Waals surface area contributed by atoms with Gasteiger partial charge in [0.2, 0.25) is 0 Å². The van der Waals surface area contributed by atoms with Gasteiger partial charge in [-0.25, -0.2) is 18.7 Å². The van der Waals surface area contributed by atoms with Gasteiger partial charge in [0.1, 0.15) is 23.1 Å². The Morgan fingerprint density at radius 2 is 1.68 bits per heavy atom. The van der Waals surface area contributed by atoms with E-state index in [4.69, 9.17) is 14.2 Å². The third kappa shape index (κ3) is 4.75. The van der Waals surface area contributed by atoms with Crippen molar-refractivity contribution in [2.75, 3.05) is 26.1 Å². The van der Waals surface area contributed by atoms with E-state index in [0.717, 1.165) is 12.1 Å². The van der Waals surface area contributed by atoms with E-state index < -0.39 is 11.6 Å². The molecule has 0 fully saturated rings. The van der Waals surface area contributed by atoms with Gasteiger partial charge >= 0.3 is 0 Å². The fraction of sp³-hybridized carbons (Fsp3) is 0.192. The number of nitrogens with one attached hydrogen (secondary N) is 1. The first-order valence-electron chi connectivity index (χ1n) is 11.6. The van der Waals surface area contributed by atoms with Crippen LogP contribution in [0.3, 0.4) is 0 Å². The standard InChI is InChI=1S/C26H23F2N7O3/c1-4-38-15-9-18(27)17(19(28)10-15)14-35-21-11-29-7-5-16(21)24(34-35)26-31-13-23(37-3)25(33-26)32-20-6-8-30-12-22(20)36-2/h5-13H,4,14H2,1-3H3,(H,30,31,32,33). The van der Waals surface area contributed by atoms with E-state index in [1.54, 1.807) is 43.8 Å². The van der Waals surface area contributed by atoms with Crippen LogP contribution in [-0.4, -0.2) is 50.5 Å². The monoisotopic (exact) mass is 519 g/mol. The fourth-order valence-electron chi connectivity index (χ4n) is 3.93. The highest BCUT2D eigenvalue weighted by atomic mass is 19.1. The molecule has 194 valence electrons. The average Bonchev–Trinajstić information content (AvgIpc) is 3.29. The first-order valence-corrected chi connectivity index (χ1v) is 11.6. The molecule has 0 saturated carbocycles. The zero-order chi connectivity index (χ0) is 26.6. The molecule has 5 rings (SSSR count). The molecule has 10 nitrogen and oxygen atoms in total. The average molecular weight is 520 g/mol. The summed E-state index contributed by atoms with van der Waals surface area (Å²) in [6, 6.07) is 5.79. The van der Waals surface area contributed by atoms with Gasteiger partial charge in [0.05, 0.1) is 57.2 Å². The summed E-state index contributed by atoms with van der Waals surface area (Å²) in [6.07, 6.45) is 7.86. The van der Waals surface area contributed by atoms with E-state index in [0.29, 0.717) is 46.2 Å². The highest BCUT2D eigenvalue weighted by Gasteiger charge is 2.20. The predicted molar refractivity (Wildman–Crippen MR) is 136 cm³/mol. The molecule has 0 atom stereocenters. The molecule has 0 spiro atoms. The molecule has 38 heavy (non-hydrogen) atoms. The minimum atomic E-state index is -0.735. The SMILES string of the molecule is CCOc1cc(F)c(Cn2nc(-c3ncc(OC)c(Nc4ccncc4OC)n3)c3ccncc32)c(F)c1. The van der Waals surface area contributed by atoms with Crippen molar-refractivity contribution < 1.29 is 23.0 Å². The van der Waals surface area contributed by atoms with Gasteiger partial charge in [-0.3, -0.25) is 14.6 Å². The summed E-state index contributed by atoms with van der Waals surface area (Å²) < 4.78 is 47.1. The smallest absolute Gasteiger partial charge is 0.183 e. The molecular formula is C26H23F2N7O3. The van der Waals surface area contributed by atoms with Crippen LogP contribution in [0.15, 0.2) is 55.2 Å². The van der Waals surface area contributed by atoms with Gasteiger partial charge in [-0.05, 0) is 19.1 Å². The number of ether oxygens (including phenoxy) is 3. The summed E-state index contributed by atoms with van der Waals surface area (Å²) in [5, 5.41) is 8.45. The fourth-order valence-corrected chi connectivity index (χ4v) is 3.93. The first-order chi connectivity index (χ1) is 18.5. The van der Waals surface area contributed by atoms with Crippen molar-refractivity contribution in [3.8, 4) is 28.8 Å². The first kappa shape index (κ1) is 24.8. The van der Waals surface area contributed by atoms with E-state index in [-0.39, 0.29) is 23.7 Å². The van der Waals surface area contributed by atoms with Gasteiger partial charge in [-0.2, -0.15) is 5.10 Å². The Hall–Kier alpha value is -4.87. The highest BCUT2D eigenvalue weighted by Crippen LogP contribution is 2.33. The van der Waals surface area contributed by atoms with Gasteiger partial charge in [0, 0.05) is 35.5 Å². The van der Waals surface area contributed by atoms with Gasteiger partial charge < -0.3 is 19.5 Å². The molecule has 1 aromatic carbocycles. The molecule has 0 aliphatic carbocycles. The molecule has 0 saturated heterocycles. The summed E-state index contributed by atoms with van der Waals surface area (Å²) in [7, 11) is 3.04. The maximum Gasteiger partial charge on any atom is 0.183 e. The number of halogens is 2. The third-order valence-corrected chi connectivity index (χ3v) is 5.73. The van der Waals surface area contributed by atoms with Crippen LogP contribution in [0.2, 0.25) is 0 Å². The van der Waals surface area contributed by atoms with Crippen LogP contribution >= 0.6 is 0 Å². The number of pyridine rings is 2. The Kier molecular flexibility index (Phi) is 6.94. The molecule has 0 radical (unpaired) electrons. The van der Waals surface area contributed by atoms with Gasteiger partial charge in [0.25, 0.3) is 0 Å². The van der Waals surface area contributed by atoms with Crippen LogP contribution in [0, 0.1) is 11.6 Å². The van der Waals surface area contributed by atoms with Crippen molar-refractivity contribution in [2.45, 2.75) is 13.5 Å². The zero-order valence-electron chi connectivity index (χ0n) is 20.8. The number of rotatable bonds is 9. The van der Waals surface area contributed by atoms with Gasteiger partial charge in [0.15, 0.2) is 23.1 Å². The molecule has 5 aromatic rings. The summed E-state index contributed by atoms with van der Waals surface area (Å²) in [5.41, 5.74) is 1.42. The number of anilines is 2. The second-order valence-corrected chi connectivity index (χ2v) is 8.01. The largest absolute Gasteiger partial charge is 0.494 e. The third-order valence-electron chi connectivity index (χ3n) is 5.73. The predicted octanol–water partition coefficient (Wildman–Crippen LogP) is 4.77. The molecule has 0 amide bonds. The number of methoxy groups -OCH3 is 2. The summed E-state index contributed by atoms with van der Waals surface area (Å²) in [5.74, 6) is 0.177. The molecule has 0 unspecified atom stereocenters. The molecular weight excluding hydrogens is 496 g/mol. The minimum Gasteiger partial charge on any atom is -0.494 e. The summed E-state index contributed by atoms with van der Waals surface area (Å²) in [4.78, 5) is 17.3. The minimum absolute atomic E-state index is 0.122. The number of hydrogen-bond acceptors (Lipinski definition) is 9. The van der Waals surface area contributed by atoms with Crippen molar-refractivity contribution >= 4 is 22.4 Å². The normalized spacial score (nSPS) is 11.0. The molecule has 12 heteroatoms. The molecule has 0 aliphatic rings. The van der Waals surface area contributed by atoms with Crippen LogP contribution in [0.1, 0.15) is 12.5 Å². The second-order valence-electron chi connectivity index (χ2n) is 8.01. The summed E-state index contributed by atoms with van der Waals surface area (Å²) in [6.45, 7) is 1.86. The van der Waals surface area contributed by atoms with Crippen LogP contribution < -0.4 is 19.5 Å². The number of fused-ring (bicyclic) bond motifs is 1. The van der Waals surface area contributed by atoms with Crippen LogP contribution in [0.25, 0.3) is 22.4 Å². The van der Waals surface area contributed by atoms with Crippen molar-refractivity contribution in [1.29, 1.82) is 0 Å². The van der Waals surface area contributed by atoms with Crippen LogP contribution in [0.5, 0.6) is 17.2 Å². The molecule has 0 bridgehead atoms. The molecule has 4 heterocycles. The van der Waals surface area contributed by atoms with Crippen LogP contribution in [-0.2, 0) is 6.54 Å². The van der Waals surface area contributed by atoms with E-state index in [9.17, 15) is 8.78 Å². The van der Waals surface area contributed by atoms with Gasteiger partial charge in [-0.15, -0.1) is 0 Å². The van der Waals surface area contributed by atoms with Crippen molar-refractivity contribution in [1.82, 2.24) is 29.7 Å². The number of aromatic nitrogens is 6. The Morgan fingerprint density at radius 1 is 0.947 bits per heavy atom. The maximum absolute atomic E-state index is 14.8. The number of hydrogen-bond donors (Lipinski definition) is 1. The lowest BCUT2D eigenvalue weighted by molar-refractivity contribution is 0.335. The Balaban J connectivity index is 1.56. The van der Waals surface area contributed by atoms with E-state index in [1.807, 2.05) is 0 Å². The lowest BCUT2D eigenvalue weighted by atomic mass is 10.2. The Bertz CT molecular complexity index is 1590. The summed E-state index contributed by atoms with van der Waals surface area (Å²) >= 11 is 0. The molecule has 4 aromatic heterocycles. The zero-order valence-corrected chi connectivity index (χ0v) is 20.8. The Morgan fingerprint density at radius 3 is 2.42 bits per heavy atom. The quantitative estimate of drug-likeness (QED) is 0.295. The lowest BCUT2D eigenvalue weighted by Crippen LogP contribution is -2.07.